The molecule has 188 valence electrons. The highest BCUT2D eigenvalue weighted by Crippen LogP contribution is 2.31. The fourth-order valence-corrected chi connectivity index (χ4v) is 5.32. The Balaban J connectivity index is 1.43. The first-order chi connectivity index (χ1) is 16.8. The van der Waals surface area contributed by atoms with Gasteiger partial charge in [0, 0.05) is 41.9 Å². The number of methoxy groups -OCH3 is 1. The molecule has 35 heavy (non-hydrogen) atoms. The number of nitrogens with one attached hydrogen (secondary N) is 1. The van der Waals surface area contributed by atoms with Crippen LogP contribution in [0.3, 0.4) is 0 Å². The van der Waals surface area contributed by atoms with Crippen molar-refractivity contribution in [3.05, 3.63) is 41.5 Å². The summed E-state index contributed by atoms with van der Waals surface area (Å²) >= 11 is 0. The van der Waals surface area contributed by atoms with Crippen LogP contribution in [0.1, 0.15) is 43.5 Å². The topological polar surface area (TPSA) is 99.2 Å². The van der Waals surface area contributed by atoms with Crippen LogP contribution >= 0.6 is 0 Å². The zero-order valence-electron chi connectivity index (χ0n) is 21.1. The Bertz CT molecular complexity index is 1180. The van der Waals surface area contributed by atoms with Crippen LogP contribution in [0.4, 0.5) is 0 Å². The summed E-state index contributed by atoms with van der Waals surface area (Å²) in [5.74, 6) is 1.10. The number of pyridine rings is 1. The Morgan fingerprint density at radius 3 is 2.86 bits per heavy atom. The average Bonchev–Trinajstić information content (AvgIpc) is 3.35. The first-order valence-electron chi connectivity index (χ1n) is 12.5. The second kappa shape index (κ2) is 9.72. The number of hydrogen-bond acceptors (Lipinski definition) is 7. The molecule has 5 heterocycles. The van der Waals surface area contributed by atoms with Crippen LogP contribution in [0.5, 0.6) is 5.88 Å². The van der Waals surface area contributed by atoms with Crippen LogP contribution < -0.4 is 10.1 Å². The number of piperidine rings is 1. The zero-order chi connectivity index (χ0) is 24.6. The van der Waals surface area contributed by atoms with Crippen molar-refractivity contribution in [2.24, 2.45) is 5.92 Å². The molecular weight excluding hydrogens is 444 g/mol. The van der Waals surface area contributed by atoms with Gasteiger partial charge in [0.05, 0.1) is 55.4 Å². The van der Waals surface area contributed by atoms with E-state index in [0.29, 0.717) is 25.0 Å². The molecule has 2 atom stereocenters. The molecular formula is C26H36N6O3. The summed E-state index contributed by atoms with van der Waals surface area (Å²) in [6, 6.07) is 2.16. The Labute approximate surface area is 206 Å². The Hall–Kier alpha value is -2.75. The van der Waals surface area contributed by atoms with Gasteiger partial charge in [0.2, 0.25) is 5.88 Å². The van der Waals surface area contributed by atoms with E-state index in [-0.39, 0.29) is 6.04 Å². The number of aromatic nitrogens is 5. The maximum Gasteiger partial charge on any atom is 0.216 e. The molecule has 0 bridgehead atoms. The monoisotopic (exact) mass is 480 g/mol. The summed E-state index contributed by atoms with van der Waals surface area (Å²) in [6.07, 6.45) is 9.47. The molecule has 0 radical (unpaired) electrons. The number of fused-ring (bicyclic) bond motifs is 1. The SMILES string of the molecule is COc1ncc(-n2nc(-c3cnn(CC4CCNC(C(C)(C)O)C4)c3)c3c2CCOCC3)cc1C. The van der Waals surface area contributed by atoms with Crippen LogP contribution in [-0.2, 0) is 24.1 Å². The van der Waals surface area contributed by atoms with Crippen LogP contribution in [0.15, 0.2) is 24.7 Å². The van der Waals surface area contributed by atoms with Crippen molar-refractivity contribution in [2.45, 2.75) is 64.6 Å². The van der Waals surface area contributed by atoms with Crippen molar-refractivity contribution in [3.63, 3.8) is 0 Å². The summed E-state index contributed by atoms with van der Waals surface area (Å²) < 4.78 is 15.2. The van der Waals surface area contributed by atoms with Gasteiger partial charge in [-0.15, -0.1) is 0 Å². The largest absolute Gasteiger partial charge is 0.481 e. The van der Waals surface area contributed by atoms with Crippen molar-refractivity contribution >= 4 is 0 Å². The lowest BCUT2D eigenvalue weighted by Crippen LogP contribution is -2.51. The van der Waals surface area contributed by atoms with Crippen LogP contribution in [-0.4, -0.2) is 68.2 Å². The molecule has 2 N–H and O–H groups in total. The molecule has 2 aliphatic heterocycles. The van der Waals surface area contributed by atoms with E-state index in [0.717, 1.165) is 61.3 Å². The van der Waals surface area contributed by atoms with E-state index in [2.05, 4.69) is 27.7 Å². The molecule has 0 spiro atoms. The van der Waals surface area contributed by atoms with Crippen molar-refractivity contribution in [1.29, 1.82) is 0 Å². The summed E-state index contributed by atoms with van der Waals surface area (Å²) in [5.41, 5.74) is 5.54. The fraction of sp³-hybridized carbons (Fsp3) is 0.577. The maximum absolute atomic E-state index is 10.4. The normalized spacial score (nSPS) is 20.9. The zero-order valence-corrected chi connectivity index (χ0v) is 21.1. The third kappa shape index (κ3) is 4.98. The average molecular weight is 481 g/mol. The van der Waals surface area contributed by atoms with Crippen molar-refractivity contribution in [2.75, 3.05) is 26.9 Å². The lowest BCUT2D eigenvalue weighted by atomic mass is 9.84. The van der Waals surface area contributed by atoms with E-state index in [1.54, 1.807) is 7.11 Å². The molecule has 0 aromatic carbocycles. The quantitative estimate of drug-likeness (QED) is 0.560. The summed E-state index contributed by atoms with van der Waals surface area (Å²) in [6.45, 7) is 8.87. The summed E-state index contributed by atoms with van der Waals surface area (Å²) in [4.78, 5) is 4.47. The van der Waals surface area contributed by atoms with Crippen molar-refractivity contribution in [1.82, 2.24) is 29.9 Å². The number of ether oxygens (including phenoxy) is 2. The van der Waals surface area contributed by atoms with Gasteiger partial charge in [-0.1, -0.05) is 0 Å². The van der Waals surface area contributed by atoms with Gasteiger partial charge in [0.15, 0.2) is 0 Å². The van der Waals surface area contributed by atoms with E-state index in [9.17, 15) is 5.11 Å². The molecule has 0 saturated carbocycles. The van der Waals surface area contributed by atoms with Crippen molar-refractivity contribution < 1.29 is 14.6 Å². The number of nitrogens with zero attached hydrogens (tertiary/aromatic N) is 5. The minimum absolute atomic E-state index is 0.101. The summed E-state index contributed by atoms with van der Waals surface area (Å²) in [7, 11) is 1.64. The van der Waals surface area contributed by atoms with Gasteiger partial charge in [-0.3, -0.25) is 4.68 Å². The van der Waals surface area contributed by atoms with Crippen LogP contribution in [0.25, 0.3) is 16.9 Å². The predicted molar refractivity (Wildman–Crippen MR) is 133 cm³/mol. The lowest BCUT2D eigenvalue weighted by Gasteiger charge is -2.37. The molecule has 9 heteroatoms. The van der Waals surface area contributed by atoms with Gasteiger partial charge in [0.1, 0.15) is 0 Å². The molecule has 2 aliphatic rings. The summed E-state index contributed by atoms with van der Waals surface area (Å²) in [5, 5.41) is 23.6. The minimum atomic E-state index is -0.727. The van der Waals surface area contributed by atoms with Gasteiger partial charge in [0.25, 0.3) is 0 Å². The first kappa shape index (κ1) is 24.0. The number of aryl methyl sites for hydroxylation is 1. The Kier molecular flexibility index (Phi) is 6.65. The number of aliphatic hydroxyl groups is 1. The molecule has 3 aromatic rings. The number of hydrogen-bond donors (Lipinski definition) is 2. The first-order valence-corrected chi connectivity index (χ1v) is 12.5. The predicted octanol–water partition coefficient (Wildman–Crippen LogP) is 2.70. The van der Waals surface area contributed by atoms with E-state index in [4.69, 9.17) is 14.6 Å². The number of rotatable bonds is 6. The molecule has 2 unspecified atom stereocenters. The van der Waals surface area contributed by atoms with Gasteiger partial charge >= 0.3 is 0 Å². The Morgan fingerprint density at radius 1 is 1.26 bits per heavy atom. The fourth-order valence-electron chi connectivity index (χ4n) is 5.32. The van der Waals surface area contributed by atoms with Crippen molar-refractivity contribution in [3.8, 4) is 22.8 Å². The maximum atomic E-state index is 10.4. The smallest absolute Gasteiger partial charge is 0.216 e. The minimum Gasteiger partial charge on any atom is -0.481 e. The van der Waals surface area contributed by atoms with E-state index in [1.807, 2.05) is 42.5 Å². The highest BCUT2D eigenvalue weighted by molar-refractivity contribution is 5.64. The Morgan fingerprint density at radius 2 is 2.09 bits per heavy atom. The molecule has 3 aromatic heterocycles. The highest BCUT2D eigenvalue weighted by Gasteiger charge is 2.32. The lowest BCUT2D eigenvalue weighted by molar-refractivity contribution is 0.0165. The molecule has 1 saturated heterocycles. The van der Waals surface area contributed by atoms with Crippen LogP contribution in [0, 0.1) is 12.8 Å². The van der Waals surface area contributed by atoms with Crippen LogP contribution in [0.2, 0.25) is 0 Å². The third-order valence-corrected chi connectivity index (χ3v) is 7.24. The molecule has 0 amide bonds. The highest BCUT2D eigenvalue weighted by atomic mass is 16.5. The second-order valence-corrected chi connectivity index (χ2v) is 10.3. The van der Waals surface area contributed by atoms with Gasteiger partial charge in [-0.25, -0.2) is 9.67 Å². The van der Waals surface area contributed by atoms with E-state index in [1.165, 1.54) is 11.3 Å². The van der Waals surface area contributed by atoms with Gasteiger partial charge in [-0.2, -0.15) is 10.2 Å². The van der Waals surface area contributed by atoms with E-state index >= 15 is 0 Å². The standard InChI is InChI=1S/C26H36N6O3/c1-17-11-20(14-28-25(17)34-4)32-22-7-10-35-9-6-21(22)24(30-32)19-13-29-31(16-19)15-18-5-8-27-23(12-18)26(2,3)33/h11,13-14,16,18,23,27,33H,5-10,12,15H2,1-4H3. The third-order valence-electron chi connectivity index (χ3n) is 7.24. The molecule has 0 aliphatic carbocycles. The van der Waals surface area contributed by atoms with Gasteiger partial charge < -0.3 is 19.9 Å². The molecule has 5 rings (SSSR count). The van der Waals surface area contributed by atoms with E-state index < -0.39 is 5.60 Å². The molecule has 1 fully saturated rings. The molecule has 9 nitrogen and oxygen atoms in total. The van der Waals surface area contributed by atoms with Gasteiger partial charge in [-0.05, 0) is 58.6 Å². The second-order valence-electron chi connectivity index (χ2n) is 10.3.